The maximum atomic E-state index is 13.8. The number of carbonyl (C=O) groups excluding carboxylic acids is 1. The number of nitrogens with one attached hydrogen (secondary N) is 1. The van der Waals surface area contributed by atoms with Crippen molar-refractivity contribution in [1.29, 1.82) is 0 Å². The fourth-order valence-corrected chi connectivity index (χ4v) is 8.03. The van der Waals surface area contributed by atoms with Crippen LogP contribution in [-0.4, -0.2) is 35.7 Å². The van der Waals surface area contributed by atoms with E-state index in [2.05, 4.69) is 5.32 Å². The van der Waals surface area contributed by atoms with Crippen LogP contribution in [0.2, 0.25) is 0 Å². The van der Waals surface area contributed by atoms with Crippen molar-refractivity contribution in [3.05, 3.63) is 77.4 Å². The summed E-state index contributed by atoms with van der Waals surface area (Å²) in [7, 11) is 1.70. The second-order valence-corrected chi connectivity index (χ2v) is 12.1. The molecule has 2 N–H and O–H groups in total. The summed E-state index contributed by atoms with van der Waals surface area (Å²) in [4.78, 5) is 26.5. The fraction of sp³-hybridized carbons (Fsp3) is 0.438. The summed E-state index contributed by atoms with van der Waals surface area (Å²) in [5.74, 6) is -0.632. The molecule has 4 aliphatic carbocycles. The Kier molecular flexibility index (Phi) is 6.76. The number of carboxylic acids is 1. The highest BCUT2D eigenvalue weighted by Crippen LogP contribution is 2.63. The molecule has 0 spiro atoms. The Bertz CT molecular complexity index is 1470. The van der Waals surface area contributed by atoms with Crippen LogP contribution in [0.25, 0.3) is 10.8 Å². The molecular weight excluding hydrogens is 535 g/mol. The van der Waals surface area contributed by atoms with Crippen LogP contribution in [0.15, 0.2) is 60.7 Å². The number of benzene rings is 3. The minimum absolute atomic E-state index is 0.0710. The number of ether oxygens (including phenoxy) is 2. The zero-order valence-corrected chi connectivity index (χ0v) is 22.7. The van der Waals surface area contributed by atoms with E-state index < -0.39 is 35.1 Å². The average Bonchev–Trinajstić information content (AvgIpc) is 2.93. The number of aliphatic carboxylic acids is 1. The van der Waals surface area contributed by atoms with Gasteiger partial charge < -0.3 is 19.9 Å². The summed E-state index contributed by atoms with van der Waals surface area (Å²) in [6.45, 7) is -0.0710. The lowest BCUT2D eigenvalue weighted by Gasteiger charge is -2.62. The van der Waals surface area contributed by atoms with Gasteiger partial charge in [0.05, 0.1) is 16.7 Å². The minimum Gasteiger partial charge on any atom is -0.487 e. The summed E-state index contributed by atoms with van der Waals surface area (Å²) in [5, 5.41) is 14.7. The normalized spacial score (nSPS) is 27.5. The van der Waals surface area contributed by atoms with Crippen molar-refractivity contribution in [1.82, 2.24) is 5.32 Å². The van der Waals surface area contributed by atoms with Crippen molar-refractivity contribution in [2.24, 2.45) is 17.3 Å². The van der Waals surface area contributed by atoms with Crippen molar-refractivity contribution in [2.75, 3.05) is 7.11 Å². The van der Waals surface area contributed by atoms with Gasteiger partial charge in [-0.25, -0.2) is 4.79 Å². The maximum Gasteiger partial charge on any atom is 0.416 e. The molecule has 216 valence electrons. The Morgan fingerprint density at radius 3 is 2.32 bits per heavy atom. The summed E-state index contributed by atoms with van der Waals surface area (Å²) in [6, 6.07) is 14.3. The molecule has 1 amide bonds. The molecule has 3 aromatic rings. The molecule has 9 heteroatoms. The topological polar surface area (TPSA) is 84.9 Å². The second-order valence-electron chi connectivity index (χ2n) is 12.1. The Hall–Kier alpha value is -3.59. The van der Waals surface area contributed by atoms with Gasteiger partial charge in [0.15, 0.2) is 0 Å². The van der Waals surface area contributed by atoms with Gasteiger partial charge in [0.2, 0.25) is 0 Å². The summed E-state index contributed by atoms with van der Waals surface area (Å²) in [5.41, 5.74) is -1.03. The van der Waals surface area contributed by atoms with Crippen molar-refractivity contribution in [3.63, 3.8) is 0 Å². The Morgan fingerprint density at radius 1 is 1.00 bits per heavy atom. The number of alkyl halides is 3. The van der Waals surface area contributed by atoms with Gasteiger partial charge >= 0.3 is 12.1 Å². The Morgan fingerprint density at radius 2 is 1.68 bits per heavy atom. The number of carbonyl (C=O) groups is 2. The third kappa shape index (κ3) is 5.05. The first-order valence-electron chi connectivity index (χ1n) is 13.9. The molecule has 0 radical (unpaired) electrons. The van der Waals surface area contributed by atoms with Gasteiger partial charge in [-0.1, -0.05) is 42.5 Å². The largest absolute Gasteiger partial charge is 0.487 e. The highest BCUT2D eigenvalue weighted by molar-refractivity contribution is 6.05. The molecule has 0 aromatic heterocycles. The van der Waals surface area contributed by atoms with E-state index in [0.29, 0.717) is 29.2 Å². The lowest BCUT2D eigenvalue weighted by atomic mass is 9.46. The third-order valence-corrected chi connectivity index (χ3v) is 9.41. The van der Waals surface area contributed by atoms with Gasteiger partial charge in [-0.3, -0.25) is 4.79 Å². The summed E-state index contributed by atoms with van der Waals surface area (Å²) >= 11 is 0. The van der Waals surface area contributed by atoms with E-state index in [1.54, 1.807) is 31.4 Å². The van der Waals surface area contributed by atoms with Gasteiger partial charge in [0.1, 0.15) is 18.4 Å². The highest BCUT2D eigenvalue weighted by atomic mass is 19.4. The molecule has 0 saturated heterocycles. The first kappa shape index (κ1) is 27.6. The smallest absolute Gasteiger partial charge is 0.416 e. The van der Waals surface area contributed by atoms with Gasteiger partial charge in [0, 0.05) is 17.9 Å². The zero-order chi connectivity index (χ0) is 29.0. The van der Waals surface area contributed by atoms with E-state index in [1.807, 2.05) is 12.1 Å². The number of hydrogen-bond acceptors (Lipinski definition) is 4. The van der Waals surface area contributed by atoms with Gasteiger partial charge in [0.25, 0.3) is 5.91 Å². The first-order valence-corrected chi connectivity index (χ1v) is 13.9. The van der Waals surface area contributed by atoms with Crippen LogP contribution in [0, 0.1) is 17.3 Å². The third-order valence-electron chi connectivity index (χ3n) is 9.41. The monoisotopic (exact) mass is 567 g/mol. The first-order chi connectivity index (χ1) is 19.5. The second kappa shape index (κ2) is 10.0. The molecule has 0 aliphatic heterocycles. The zero-order valence-electron chi connectivity index (χ0n) is 22.7. The molecule has 4 bridgehead atoms. The number of rotatable bonds is 8. The number of methoxy groups -OCH3 is 1. The van der Waals surface area contributed by atoms with Crippen molar-refractivity contribution >= 4 is 22.6 Å². The molecule has 3 atom stereocenters. The van der Waals surface area contributed by atoms with Crippen LogP contribution in [-0.2, 0) is 22.3 Å². The predicted molar refractivity (Wildman–Crippen MR) is 145 cm³/mol. The van der Waals surface area contributed by atoms with E-state index in [0.717, 1.165) is 49.6 Å². The molecule has 41 heavy (non-hydrogen) atoms. The molecule has 4 saturated carbocycles. The highest BCUT2D eigenvalue weighted by Gasteiger charge is 2.62. The Balaban J connectivity index is 1.29. The van der Waals surface area contributed by atoms with E-state index >= 15 is 0 Å². The molecule has 4 aliphatic rings. The van der Waals surface area contributed by atoms with Crippen LogP contribution >= 0.6 is 0 Å². The van der Waals surface area contributed by atoms with Gasteiger partial charge in [-0.2, -0.15) is 13.2 Å². The standard InChI is InChI=1S/C32H32F3NO5/c1-40-31-15-20-12-21(16-31)14-30(13-20,18-31)27(29(38)39)36-28(37)25-11-8-22-4-2-3-5-24(22)26(25)41-17-19-6-9-23(10-7-19)32(33,34)35/h2-11,20-21,27H,12-18H2,1H3,(H,36,37)(H,38,39)/t20?,21?,27-,30?,31?/m1/s1. The average molecular weight is 568 g/mol. The molecule has 6 nitrogen and oxygen atoms in total. The van der Waals surface area contributed by atoms with Crippen molar-refractivity contribution < 1.29 is 37.3 Å². The summed E-state index contributed by atoms with van der Waals surface area (Å²) in [6.07, 6.45) is 0.543. The SMILES string of the molecule is COC12CC3CC(C1)CC([C@H](NC(=O)c1ccc4ccccc4c1OCc1ccc(C(F)(F)F)cc1)C(=O)O)(C3)C2. The van der Waals surface area contributed by atoms with Crippen molar-refractivity contribution in [2.45, 2.75) is 63.0 Å². The van der Waals surface area contributed by atoms with Crippen LogP contribution in [0.1, 0.15) is 60.0 Å². The lowest BCUT2D eigenvalue weighted by molar-refractivity contribution is -0.193. The van der Waals surface area contributed by atoms with Gasteiger partial charge in [-0.15, -0.1) is 0 Å². The van der Waals surface area contributed by atoms with Crippen LogP contribution in [0.3, 0.4) is 0 Å². The quantitative estimate of drug-likeness (QED) is 0.320. The van der Waals surface area contributed by atoms with Crippen LogP contribution in [0.4, 0.5) is 13.2 Å². The van der Waals surface area contributed by atoms with Crippen molar-refractivity contribution in [3.8, 4) is 5.75 Å². The van der Waals surface area contributed by atoms with E-state index in [4.69, 9.17) is 9.47 Å². The molecule has 2 unspecified atom stereocenters. The van der Waals surface area contributed by atoms with E-state index in [9.17, 15) is 27.9 Å². The van der Waals surface area contributed by atoms with E-state index in [-0.39, 0.29) is 23.5 Å². The fourth-order valence-electron chi connectivity index (χ4n) is 8.03. The molecule has 3 aromatic carbocycles. The molecule has 7 rings (SSSR count). The van der Waals surface area contributed by atoms with Crippen LogP contribution < -0.4 is 10.1 Å². The van der Waals surface area contributed by atoms with Gasteiger partial charge in [-0.05, 0) is 79.5 Å². The lowest BCUT2D eigenvalue weighted by Crippen LogP contribution is -2.64. The maximum absolute atomic E-state index is 13.8. The van der Waals surface area contributed by atoms with E-state index in [1.165, 1.54) is 12.1 Å². The number of amides is 1. The minimum atomic E-state index is -4.44. The summed E-state index contributed by atoms with van der Waals surface area (Å²) < 4.78 is 51.1. The number of hydrogen-bond donors (Lipinski definition) is 2. The predicted octanol–water partition coefficient (Wildman–Crippen LogP) is 6.61. The molecule has 0 heterocycles. The Labute approximate surface area is 235 Å². The number of halogens is 3. The van der Waals surface area contributed by atoms with Crippen LogP contribution in [0.5, 0.6) is 5.75 Å². The number of fused-ring (bicyclic) bond motifs is 1. The molecule has 4 fully saturated rings. The molecular formula is C32H32F3NO5. The number of carboxylic acid groups (broad SMARTS) is 1.